The normalized spacial score (nSPS) is 10.1. The first-order chi connectivity index (χ1) is 6.31. The topological polar surface area (TPSA) is 52.6 Å². The van der Waals surface area contributed by atoms with Crippen molar-refractivity contribution in [1.82, 2.24) is 0 Å². The molecule has 0 amide bonds. The van der Waals surface area contributed by atoms with E-state index < -0.39 is 11.9 Å². The van der Waals surface area contributed by atoms with E-state index in [1.165, 1.54) is 6.92 Å². The average molecular weight is 331 g/mol. The Bertz CT molecular complexity index is 213. The van der Waals surface area contributed by atoms with E-state index in [1.807, 2.05) is 21.1 Å². The van der Waals surface area contributed by atoms with E-state index in [-0.39, 0.29) is 30.6 Å². The second kappa shape index (κ2) is 7.86. The fourth-order valence-electron chi connectivity index (χ4n) is 0.636. The smallest absolute Gasteiger partial charge is 0.344 e. The molecule has 0 aromatic carbocycles. The lowest BCUT2D eigenvalue weighted by atomic mass is 10.5. The van der Waals surface area contributed by atoms with Crippen LogP contribution in [0.15, 0.2) is 0 Å². The summed E-state index contributed by atoms with van der Waals surface area (Å²) in [4.78, 5) is 21.3. The fraction of sp³-hybridized carbons (Fsp3) is 0.778. The number of hydrogen-bond donors (Lipinski definition) is 0. The summed E-state index contributed by atoms with van der Waals surface area (Å²) in [6.07, 6.45) is 0. The van der Waals surface area contributed by atoms with Crippen LogP contribution in [0.1, 0.15) is 6.92 Å². The van der Waals surface area contributed by atoms with E-state index >= 15 is 0 Å². The number of nitrogens with zero attached hydrogens (tertiary/aromatic N) is 1. The fourth-order valence-corrected chi connectivity index (χ4v) is 0.636. The maximum atomic E-state index is 10.9. The predicted molar refractivity (Wildman–Crippen MR) is 50.5 cm³/mol. The Balaban J connectivity index is 0. The van der Waals surface area contributed by atoms with Gasteiger partial charge in [0.1, 0.15) is 13.2 Å². The van der Waals surface area contributed by atoms with Gasteiger partial charge in [0.25, 0.3) is 0 Å². The summed E-state index contributed by atoms with van der Waals surface area (Å²) < 4.78 is 10.0. The first-order valence-electron chi connectivity index (χ1n) is 4.41. The molecule has 0 unspecified atom stereocenters. The number of likely N-dealkylation sites (N-methyl/N-ethyl adjacent to an activating group) is 1. The highest BCUT2D eigenvalue weighted by Crippen LogP contribution is 1.90. The molecule has 0 aliphatic rings. The van der Waals surface area contributed by atoms with Gasteiger partial charge in [-0.15, -0.1) is 0 Å². The van der Waals surface area contributed by atoms with Crippen molar-refractivity contribution in [2.24, 2.45) is 0 Å². The first-order valence-corrected chi connectivity index (χ1v) is 4.41. The summed E-state index contributed by atoms with van der Waals surface area (Å²) in [5.74, 6) is -0.984. The highest BCUT2D eigenvalue weighted by Gasteiger charge is 2.09. The Morgan fingerprint density at radius 2 is 1.67 bits per heavy atom. The SMILES string of the molecule is CC(=O)OCC(=O)OCC[N+](C)(C)C.[I-]. The van der Waals surface area contributed by atoms with Crippen molar-refractivity contribution in [2.45, 2.75) is 6.92 Å². The van der Waals surface area contributed by atoms with Crippen molar-refractivity contribution < 1.29 is 47.5 Å². The number of rotatable bonds is 5. The number of esters is 2. The summed E-state index contributed by atoms with van der Waals surface area (Å²) in [6, 6.07) is 0. The first kappa shape index (κ1) is 17.0. The standard InChI is InChI=1S/C9H18NO4.HI/c1-8(11)14-7-9(12)13-6-5-10(2,3)4;/h5-7H2,1-4H3;1H/q+1;/p-1. The van der Waals surface area contributed by atoms with E-state index in [9.17, 15) is 9.59 Å². The van der Waals surface area contributed by atoms with Gasteiger partial charge in [-0.2, -0.15) is 0 Å². The van der Waals surface area contributed by atoms with Crippen LogP contribution in [0.2, 0.25) is 0 Å². The lowest BCUT2D eigenvalue weighted by Gasteiger charge is -2.23. The summed E-state index contributed by atoms with van der Waals surface area (Å²) >= 11 is 0. The second-order valence-electron chi connectivity index (χ2n) is 4.01. The van der Waals surface area contributed by atoms with Crippen molar-refractivity contribution in [2.75, 3.05) is 40.9 Å². The van der Waals surface area contributed by atoms with Gasteiger partial charge < -0.3 is 37.9 Å². The van der Waals surface area contributed by atoms with Crippen molar-refractivity contribution in [3.05, 3.63) is 0 Å². The number of carbonyl (C=O) groups excluding carboxylic acids is 2. The zero-order valence-electron chi connectivity index (χ0n) is 9.58. The molecule has 15 heavy (non-hydrogen) atoms. The number of quaternary nitrogens is 1. The third kappa shape index (κ3) is 13.6. The van der Waals surface area contributed by atoms with Crippen molar-refractivity contribution in [3.63, 3.8) is 0 Å². The monoisotopic (exact) mass is 331 g/mol. The molecule has 0 aliphatic heterocycles. The van der Waals surface area contributed by atoms with E-state index in [0.29, 0.717) is 6.61 Å². The van der Waals surface area contributed by atoms with Gasteiger partial charge in [0.2, 0.25) is 0 Å². The van der Waals surface area contributed by atoms with Crippen LogP contribution >= 0.6 is 0 Å². The highest BCUT2D eigenvalue weighted by molar-refractivity contribution is 5.75. The molecule has 0 N–H and O–H groups in total. The van der Waals surface area contributed by atoms with Gasteiger partial charge in [-0.05, 0) is 0 Å². The molecule has 0 saturated carbocycles. The average Bonchev–Trinajstić information content (AvgIpc) is 1.98. The molecular weight excluding hydrogens is 313 g/mol. The number of carbonyl (C=O) groups is 2. The van der Waals surface area contributed by atoms with Crippen molar-refractivity contribution in [3.8, 4) is 0 Å². The Morgan fingerprint density at radius 1 is 1.13 bits per heavy atom. The van der Waals surface area contributed by atoms with Crippen LogP contribution < -0.4 is 24.0 Å². The molecule has 0 rings (SSSR count). The second-order valence-corrected chi connectivity index (χ2v) is 4.01. The molecule has 6 heteroatoms. The quantitative estimate of drug-likeness (QED) is 0.303. The van der Waals surface area contributed by atoms with E-state index in [4.69, 9.17) is 4.74 Å². The molecule has 0 aromatic rings. The Kier molecular flexibility index (Phi) is 8.93. The van der Waals surface area contributed by atoms with Crippen LogP contribution in [0.4, 0.5) is 0 Å². The van der Waals surface area contributed by atoms with Crippen LogP contribution in [0.5, 0.6) is 0 Å². The van der Waals surface area contributed by atoms with Gasteiger partial charge in [0.15, 0.2) is 6.61 Å². The maximum Gasteiger partial charge on any atom is 0.344 e. The molecule has 0 atom stereocenters. The number of halogens is 1. The Labute approximate surface area is 107 Å². The van der Waals surface area contributed by atoms with Gasteiger partial charge in [-0.25, -0.2) is 4.79 Å². The van der Waals surface area contributed by atoms with Crippen molar-refractivity contribution in [1.29, 1.82) is 0 Å². The molecule has 0 heterocycles. The molecular formula is C9H18INO4. The molecule has 0 saturated heterocycles. The third-order valence-corrected chi connectivity index (χ3v) is 1.42. The minimum absolute atomic E-state index is 0. The molecule has 0 aliphatic carbocycles. The van der Waals surface area contributed by atoms with Gasteiger partial charge in [-0.1, -0.05) is 0 Å². The predicted octanol–water partition coefficient (Wildman–Crippen LogP) is -3.20. The molecule has 0 radical (unpaired) electrons. The van der Waals surface area contributed by atoms with Crippen LogP contribution in [0.25, 0.3) is 0 Å². The summed E-state index contributed by atoms with van der Waals surface area (Å²) in [7, 11) is 6.00. The van der Waals surface area contributed by atoms with E-state index in [2.05, 4.69) is 4.74 Å². The summed E-state index contributed by atoms with van der Waals surface area (Å²) in [6.45, 7) is 2.02. The minimum atomic E-state index is -0.506. The largest absolute Gasteiger partial charge is 1.00 e. The molecule has 5 nitrogen and oxygen atoms in total. The van der Waals surface area contributed by atoms with Crippen LogP contribution in [0, 0.1) is 0 Å². The number of ether oxygens (including phenoxy) is 2. The van der Waals surface area contributed by atoms with Crippen LogP contribution in [-0.4, -0.2) is 57.3 Å². The van der Waals surface area contributed by atoms with Gasteiger partial charge in [0, 0.05) is 6.92 Å². The summed E-state index contributed by atoms with van der Waals surface area (Å²) in [5.41, 5.74) is 0. The molecule has 0 spiro atoms. The summed E-state index contributed by atoms with van der Waals surface area (Å²) in [5, 5.41) is 0. The zero-order valence-corrected chi connectivity index (χ0v) is 11.7. The van der Waals surface area contributed by atoms with Crippen LogP contribution in [0.3, 0.4) is 0 Å². The lowest BCUT2D eigenvalue weighted by Crippen LogP contribution is -3.00. The van der Waals surface area contributed by atoms with Crippen molar-refractivity contribution >= 4 is 11.9 Å². The maximum absolute atomic E-state index is 10.9. The molecule has 0 aromatic heterocycles. The Morgan fingerprint density at radius 3 is 2.07 bits per heavy atom. The zero-order chi connectivity index (χ0) is 11.2. The molecule has 0 bridgehead atoms. The van der Waals surface area contributed by atoms with Gasteiger partial charge in [-0.3, -0.25) is 4.79 Å². The molecule has 0 fully saturated rings. The molecule has 90 valence electrons. The number of hydrogen-bond acceptors (Lipinski definition) is 4. The Hall–Kier alpha value is -0.370. The van der Waals surface area contributed by atoms with Gasteiger partial charge in [0.05, 0.1) is 21.1 Å². The van der Waals surface area contributed by atoms with E-state index in [1.54, 1.807) is 0 Å². The van der Waals surface area contributed by atoms with E-state index in [0.717, 1.165) is 11.0 Å². The third-order valence-electron chi connectivity index (χ3n) is 1.42. The minimum Gasteiger partial charge on any atom is -1.00 e. The van der Waals surface area contributed by atoms with Gasteiger partial charge >= 0.3 is 11.9 Å². The lowest BCUT2D eigenvalue weighted by molar-refractivity contribution is -0.870. The highest BCUT2D eigenvalue weighted by atomic mass is 127. The van der Waals surface area contributed by atoms with Crippen LogP contribution in [-0.2, 0) is 19.1 Å².